The molecule has 0 radical (unpaired) electrons. The smallest absolute Gasteiger partial charge is 0.306 e. The van der Waals surface area contributed by atoms with Gasteiger partial charge in [0.2, 0.25) is 0 Å². The largest absolute Gasteiger partial charge is 0.481 e. The molecule has 0 saturated carbocycles. The van der Waals surface area contributed by atoms with E-state index in [1.165, 1.54) is 0 Å². The monoisotopic (exact) mass is 324 g/mol. The predicted molar refractivity (Wildman–Crippen MR) is 79.2 cm³/mol. The summed E-state index contributed by atoms with van der Waals surface area (Å²) in [4.78, 5) is 14.6. The van der Waals surface area contributed by atoms with Crippen LogP contribution in [-0.4, -0.2) is 22.6 Å². The van der Waals surface area contributed by atoms with Crippen LogP contribution in [0.1, 0.15) is 17.7 Å². The molecule has 0 aliphatic rings. The van der Waals surface area contributed by atoms with Gasteiger partial charge in [0, 0.05) is 21.1 Å². The Bertz CT molecular complexity index is 607. The van der Waals surface area contributed by atoms with E-state index in [0.29, 0.717) is 19.4 Å². The van der Waals surface area contributed by atoms with Gasteiger partial charge < -0.3 is 15.8 Å². The zero-order valence-electron chi connectivity index (χ0n) is 10.7. The van der Waals surface area contributed by atoms with Crippen LogP contribution in [0.5, 0.6) is 0 Å². The lowest BCUT2D eigenvalue weighted by Gasteiger charge is -2.11. The molecule has 0 aliphatic heterocycles. The molecule has 2 aromatic rings. The van der Waals surface area contributed by atoms with E-state index < -0.39 is 11.9 Å². The first-order valence-electron chi connectivity index (χ1n) is 6.22. The Balaban J connectivity index is 2.40. The molecule has 1 atom stereocenters. The van der Waals surface area contributed by atoms with E-state index in [2.05, 4.69) is 20.9 Å². The van der Waals surface area contributed by atoms with Crippen LogP contribution in [0, 0.1) is 12.8 Å². The standard InChI is InChI=1S/C14H17BrN2O2/c1-8-11(6-9(4-5-16)14(18)19)12-7-10(15)2-3-13(12)17-8/h2-3,7,9,17H,4-6,16H2,1H3,(H,18,19). The third-order valence-corrected chi connectivity index (χ3v) is 3.89. The Morgan fingerprint density at radius 2 is 2.26 bits per heavy atom. The number of nitrogens with one attached hydrogen (secondary N) is 1. The summed E-state index contributed by atoms with van der Waals surface area (Å²) in [7, 11) is 0. The maximum Gasteiger partial charge on any atom is 0.306 e. The topological polar surface area (TPSA) is 79.1 Å². The molecular formula is C14H17BrN2O2. The third kappa shape index (κ3) is 2.98. The van der Waals surface area contributed by atoms with Crippen LogP contribution < -0.4 is 5.73 Å². The quantitative estimate of drug-likeness (QED) is 0.791. The predicted octanol–water partition coefficient (Wildman–Crippen LogP) is 2.83. The molecule has 1 heterocycles. The SMILES string of the molecule is Cc1[nH]c2ccc(Br)cc2c1CC(CCN)C(=O)O. The second kappa shape index (κ2) is 5.75. The van der Waals surface area contributed by atoms with Crippen LogP contribution in [0.25, 0.3) is 10.9 Å². The van der Waals surface area contributed by atoms with Gasteiger partial charge in [-0.2, -0.15) is 0 Å². The summed E-state index contributed by atoms with van der Waals surface area (Å²) in [6.45, 7) is 2.37. The maximum atomic E-state index is 11.3. The molecule has 1 aromatic heterocycles. The van der Waals surface area contributed by atoms with E-state index in [1.54, 1.807) is 0 Å². The average Bonchev–Trinajstić information content (AvgIpc) is 2.65. The van der Waals surface area contributed by atoms with Crippen LogP contribution in [0.15, 0.2) is 22.7 Å². The van der Waals surface area contributed by atoms with Gasteiger partial charge in [0.1, 0.15) is 0 Å². The summed E-state index contributed by atoms with van der Waals surface area (Å²) in [5, 5.41) is 10.3. The number of carboxylic acid groups (broad SMARTS) is 1. The summed E-state index contributed by atoms with van der Waals surface area (Å²) in [5.74, 6) is -1.21. The number of aromatic nitrogens is 1. The lowest BCUT2D eigenvalue weighted by Crippen LogP contribution is -2.20. The Kier molecular flexibility index (Phi) is 4.27. The first kappa shape index (κ1) is 14.1. The molecule has 2 rings (SSSR count). The van der Waals surface area contributed by atoms with Crippen LogP contribution in [0.2, 0.25) is 0 Å². The Hall–Kier alpha value is -1.33. The van der Waals surface area contributed by atoms with E-state index in [1.807, 2.05) is 25.1 Å². The molecule has 0 aliphatic carbocycles. The van der Waals surface area contributed by atoms with E-state index in [9.17, 15) is 9.90 Å². The zero-order valence-corrected chi connectivity index (χ0v) is 12.3. The number of nitrogens with two attached hydrogens (primary N) is 1. The molecule has 5 heteroatoms. The Morgan fingerprint density at radius 3 is 2.89 bits per heavy atom. The number of benzene rings is 1. The summed E-state index contributed by atoms with van der Waals surface area (Å²) in [5.41, 5.74) is 8.62. The molecule has 0 fully saturated rings. The van der Waals surface area contributed by atoms with Gasteiger partial charge in [-0.25, -0.2) is 0 Å². The second-order valence-corrected chi connectivity index (χ2v) is 5.65. The van der Waals surface area contributed by atoms with Gasteiger partial charge in [-0.15, -0.1) is 0 Å². The molecule has 1 unspecified atom stereocenters. The number of aliphatic carboxylic acids is 1. The number of rotatable bonds is 5. The van der Waals surface area contributed by atoms with Crippen molar-refractivity contribution in [3.8, 4) is 0 Å². The normalized spacial score (nSPS) is 12.8. The van der Waals surface area contributed by atoms with Crippen molar-refractivity contribution in [2.75, 3.05) is 6.54 Å². The molecule has 1 aromatic carbocycles. The van der Waals surface area contributed by atoms with Crippen LogP contribution in [-0.2, 0) is 11.2 Å². The fraction of sp³-hybridized carbons (Fsp3) is 0.357. The van der Waals surface area contributed by atoms with Crippen LogP contribution >= 0.6 is 15.9 Å². The fourth-order valence-corrected chi connectivity index (χ4v) is 2.74. The molecule has 4 N–H and O–H groups in total. The zero-order chi connectivity index (χ0) is 14.0. The van der Waals surface area contributed by atoms with Gasteiger partial charge in [0.05, 0.1) is 5.92 Å². The van der Waals surface area contributed by atoms with Gasteiger partial charge in [0.25, 0.3) is 0 Å². The Labute approximate surface area is 120 Å². The highest BCUT2D eigenvalue weighted by Crippen LogP contribution is 2.28. The molecule has 102 valence electrons. The minimum Gasteiger partial charge on any atom is -0.481 e. The lowest BCUT2D eigenvalue weighted by atomic mass is 9.94. The van der Waals surface area contributed by atoms with Gasteiger partial charge in [-0.1, -0.05) is 15.9 Å². The van der Waals surface area contributed by atoms with Crippen LogP contribution in [0.4, 0.5) is 0 Å². The van der Waals surface area contributed by atoms with Crippen molar-refractivity contribution in [1.29, 1.82) is 0 Å². The number of aromatic amines is 1. The number of hydrogen-bond donors (Lipinski definition) is 3. The molecule has 0 bridgehead atoms. The van der Waals surface area contributed by atoms with Crippen molar-refractivity contribution in [1.82, 2.24) is 4.98 Å². The molecule has 0 saturated heterocycles. The van der Waals surface area contributed by atoms with Crippen molar-refractivity contribution < 1.29 is 9.90 Å². The van der Waals surface area contributed by atoms with E-state index in [0.717, 1.165) is 26.6 Å². The lowest BCUT2D eigenvalue weighted by molar-refractivity contribution is -0.141. The van der Waals surface area contributed by atoms with Crippen molar-refractivity contribution in [2.45, 2.75) is 19.8 Å². The highest BCUT2D eigenvalue weighted by atomic mass is 79.9. The minimum atomic E-state index is -0.783. The number of hydrogen-bond acceptors (Lipinski definition) is 2. The van der Waals surface area contributed by atoms with E-state index in [-0.39, 0.29) is 0 Å². The maximum absolute atomic E-state index is 11.3. The molecule has 4 nitrogen and oxygen atoms in total. The van der Waals surface area contributed by atoms with Crippen molar-refractivity contribution in [3.05, 3.63) is 33.9 Å². The third-order valence-electron chi connectivity index (χ3n) is 3.40. The van der Waals surface area contributed by atoms with Gasteiger partial charge in [0.15, 0.2) is 0 Å². The summed E-state index contributed by atoms with van der Waals surface area (Å²) in [6, 6.07) is 5.99. The van der Waals surface area contributed by atoms with Crippen molar-refractivity contribution in [3.63, 3.8) is 0 Å². The minimum absolute atomic E-state index is 0.391. The van der Waals surface area contributed by atoms with Gasteiger partial charge in [-0.3, -0.25) is 4.79 Å². The number of carboxylic acids is 1. The van der Waals surface area contributed by atoms with E-state index in [4.69, 9.17) is 5.73 Å². The fourth-order valence-electron chi connectivity index (χ4n) is 2.38. The molecule has 0 amide bonds. The molecule has 0 spiro atoms. The first-order chi connectivity index (χ1) is 9.02. The first-order valence-corrected chi connectivity index (χ1v) is 7.01. The van der Waals surface area contributed by atoms with Crippen molar-refractivity contribution >= 4 is 32.8 Å². The summed E-state index contributed by atoms with van der Waals surface area (Å²) >= 11 is 3.45. The second-order valence-electron chi connectivity index (χ2n) is 4.74. The number of H-pyrrole nitrogens is 1. The number of halogens is 1. The number of fused-ring (bicyclic) bond motifs is 1. The summed E-state index contributed by atoms with van der Waals surface area (Å²) < 4.78 is 0.992. The van der Waals surface area contributed by atoms with E-state index >= 15 is 0 Å². The van der Waals surface area contributed by atoms with Gasteiger partial charge in [-0.05, 0) is 50.1 Å². The number of carbonyl (C=O) groups is 1. The molecular weight excluding hydrogens is 308 g/mol. The summed E-state index contributed by atoms with van der Waals surface area (Å²) in [6.07, 6.45) is 1.00. The number of aryl methyl sites for hydroxylation is 1. The average molecular weight is 325 g/mol. The highest BCUT2D eigenvalue weighted by molar-refractivity contribution is 9.10. The molecule has 19 heavy (non-hydrogen) atoms. The van der Waals surface area contributed by atoms with Crippen molar-refractivity contribution in [2.24, 2.45) is 11.7 Å². The Morgan fingerprint density at radius 1 is 1.53 bits per heavy atom. The van der Waals surface area contributed by atoms with Gasteiger partial charge >= 0.3 is 5.97 Å². The highest BCUT2D eigenvalue weighted by Gasteiger charge is 2.20. The van der Waals surface area contributed by atoms with Crippen LogP contribution in [0.3, 0.4) is 0 Å².